The fourth-order valence-electron chi connectivity index (χ4n) is 5.32. The maximum absolute atomic E-state index is 15.2. The molecular weight excluding hydrogens is 393 g/mol. The summed E-state index contributed by atoms with van der Waals surface area (Å²) in [7, 11) is 0. The minimum absolute atomic E-state index is 0.0266. The maximum atomic E-state index is 15.2. The maximum Gasteiger partial charge on any atom is 0.167 e. The van der Waals surface area contributed by atoms with Crippen LogP contribution in [-0.2, 0) is 0 Å². The first-order valence-electron chi connectivity index (χ1n) is 11.3. The van der Waals surface area contributed by atoms with Crippen LogP contribution in [0.25, 0.3) is 22.3 Å². The third kappa shape index (κ3) is 4.28. The third-order valence-corrected chi connectivity index (χ3v) is 7.09. The number of rotatable bonds is 5. The molecule has 31 heavy (non-hydrogen) atoms. The molecule has 0 nitrogen and oxygen atoms in total. The molecule has 1 saturated carbocycles. The molecule has 3 aromatic carbocycles. The highest BCUT2D eigenvalue weighted by molar-refractivity contribution is 5.71. The summed E-state index contributed by atoms with van der Waals surface area (Å²) < 4.78 is 45.4. The zero-order valence-corrected chi connectivity index (χ0v) is 18.2. The van der Waals surface area contributed by atoms with Gasteiger partial charge in [0.05, 0.1) is 0 Å². The van der Waals surface area contributed by atoms with Crippen LogP contribution in [0.4, 0.5) is 13.2 Å². The van der Waals surface area contributed by atoms with E-state index in [0.29, 0.717) is 11.5 Å². The highest BCUT2D eigenvalue weighted by atomic mass is 19.2. The van der Waals surface area contributed by atoms with E-state index in [1.54, 1.807) is 12.1 Å². The largest absolute Gasteiger partial charge is 0.207 e. The van der Waals surface area contributed by atoms with E-state index < -0.39 is 17.5 Å². The predicted molar refractivity (Wildman–Crippen MR) is 121 cm³/mol. The Labute approximate surface area is 183 Å². The molecule has 0 heterocycles. The smallest absolute Gasteiger partial charge is 0.167 e. The summed E-state index contributed by atoms with van der Waals surface area (Å²) in [6, 6.07) is 18.1. The van der Waals surface area contributed by atoms with Gasteiger partial charge in [0.15, 0.2) is 11.6 Å². The van der Waals surface area contributed by atoms with E-state index in [1.807, 2.05) is 49.4 Å². The lowest BCUT2D eigenvalue weighted by atomic mass is 9.70. The van der Waals surface area contributed by atoms with Gasteiger partial charge in [-0.2, -0.15) is 0 Å². The highest BCUT2D eigenvalue weighted by Gasteiger charge is 2.33. The molecule has 1 aliphatic carbocycles. The van der Waals surface area contributed by atoms with Gasteiger partial charge in [-0.25, -0.2) is 13.2 Å². The molecular formula is C28H29F3. The quantitative estimate of drug-likeness (QED) is 0.361. The van der Waals surface area contributed by atoms with Crippen LogP contribution >= 0.6 is 0 Å². The molecule has 1 fully saturated rings. The Morgan fingerprint density at radius 2 is 1.42 bits per heavy atom. The zero-order chi connectivity index (χ0) is 22.0. The average Bonchev–Trinajstić information content (AvgIpc) is 2.82. The summed E-state index contributed by atoms with van der Waals surface area (Å²) in [4.78, 5) is 0. The van der Waals surface area contributed by atoms with Gasteiger partial charge >= 0.3 is 0 Å². The molecule has 0 aromatic heterocycles. The van der Waals surface area contributed by atoms with E-state index in [1.165, 1.54) is 12.5 Å². The first kappa shape index (κ1) is 21.7. The topological polar surface area (TPSA) is 0 Å². The average molecular weight is 423 g/mol. The van der Waals surface area contributed by atoms with Crippen LogP contribution in [0.3, 0.4) is 0 Å². The molecule has 0 amide bonds. The first-order chi connectivity index (χ1) is 15.0. The van der Waals surface area contributed by atoms with Gasteiger partial charge < -0.3 is 0 Å². The second-order valence-corrected chi connectivity index (χ2v) is 8.80. The number of hydrogen-bond donors (Lipinski definition) is 0. The van der Waals surface area contributed by atoms with Crippen LogP contribution in [0, 0.1) is 29.3 Å². The minimum Gasteiger partial charge on any atom is -0.207 e. The minimum atomic E-state index is -1.03. The molecule has 162 valence electrons. The van der Waals surface area contributed by atoms with Crippen molar-refractivity contribution in [2.75, 3.05) is 0 Å². The van der Waals surface area contributed by atoms with Gasteiger partial charge in [-0.05, 0) is 46.9 Å². The van der Waals surface area contributed by atoms with E-state index in [0.717, 1.165) is 36.8 Å². The molecule has 3 heteroatoms. The fourth-order valence-corrected chi connectivity index (χ4v) is 5.32. The van der Waals surface area contributed by atoms with Gasteiger partial charge in [0, 0.05) is 11.1 Å². The molecule has 0 bridgehead atoms. The van der Waals surface area contributed by atoms with Crippen molar-refractivity contribution in [1.29, 1.82) is 0 Å². The lowest BCUT2D eigenvalue weighted by Gasteiger charge is -2.35. The van der Waals surface area contributed by atoms with Gasteiger partial charge in [0.1, 0.15) is 5.82 Å². The van der Waals surface area contributed by atoms with Gasteiger partial charge in [0.2, 0.25) is 0 Å². The van der Waals surface area contributed by atoms with Gasteiger partial charge in [-0.1, -0.05) is 94.1 Å². The van der Waals surface area contributed by atoms with Crippen molar-refractivity contribution >= 4 is 0 Å². The molecule has 0 spiro atoms. The van der Waals surface area contributed by atoms with Crippen molar-refractivity contribution < 1.29 is 13.2 Å². The van der Waals surface area contributed by atoms with Crippen molar-refractivity contribution in [3.63, 3.8) is 0 Å². The lowest BCUT2D eigenvalue weighted by Crippen LogP contribution is -2.25. The van der Waals surface area contributed by atoms with E-state index in [9.17, 15) is 0 Å². The van der Waals surface area contributed by atoms with Gasteiger partial charge in [-0.3, -0.25) is 0 Å². The van der Waals surface area contributed by atoms with Crippen LogP contribution in [0.15, 0.2) is 60.7 Å². The normalized spacial score (nSPS) is 19.9. The van der Waals surface area contributed by atoms with Crippen molar-refractivity contribution in [2.24, 2.45) is 11.8 Å². The molecule has 3 aromatic rings. The Morgan fingerprint density at radius 3 is 2.10 bits per heavy atom. The number of hydrogen-bond acceptors (Lipinski definition) is 0. The van der Waals surface area contributed by atoms with Crippen LogP contribution in [0.1, 0.15) is 57.4 Å². The Hall–Kier alpha value is -2.55. The Morgan fingerprint density at radius 1 is 0.806 bits per heavy atom. The molecule has 0 radical (unpaired) electrons. The molecule has 4 rings (SSSR count). The molecule has 0 N–H and O–H groups in total. The van der Waals surface area contributed by atoms with Crippen LogP contribution in [-0.4, -0.2) is 0 Å². The SMILES string of the molecule is CCC1CCCCC1C(C)c1c(F)cc(-c2ccc(-c3ccccc3)cc2)c(F)c1F. The van der Waals surface area contributed by atoms with E-state index in [2.05, 4.69) is 6.92 Å². The van der Waals surface area contributed by atoms with Gasteiger partial charge in [0.25, 0.3) is 0 Å². The lowest BCUT2D eigenvalue weighted by molar-refractivity contribution is 0.196. The molecule has 3 atom stereocenters. The van der Waals surface area contributed by atoms with E-state index in [-0.39, 0.29) is 23.0 Å². The summed E-state index contributed by atoms with van der Waals surface area (Å²) in [5.74, 6) is -2.34. The van der Waals surface area contributed by atoms with Crippen molar-refractivity contribution in [2.45, 2.75) is 51.9 Å². The van der Waals surface area contributed by atoms with Crippen molar-refractivity contribution in [3.05, 3.63) is 83.7 Å². The summed E-state index contributed by atoms with van der Waals surface area (Å²) >= 11 is 0. The van der Waals surface area contributed by atoms with Crippen LogP contribution in [0.2, 0.25) is 0 Å². The van der Waals surface area contributed by atoms with Crippen molar-refractivity contribution in [1.82, 2.24) is 0 Å². The second-order valence-electron chi connectivity index (χ2n) is 8.80. The Bertz CT molecular complexity index is 1020. The highest BCUT2D eigenvalue weighted by Crippen LogP contribution is 2.44. The monoisotopic (exact) mass is 422 g/mol. The number of benzene rings is 3. The predicted octanol–water partition coefficient (Wildman–Crippen LogP) is 8.76. The van der Waals surface area contributed by atoms with E-state index in [4.69, 9.17) is 0 Å². The zero-order valence-electron chi connectivity index (χ0n) is 18.2. The number of halogens is 3. The third-order valence-electron chi connectivity index (χ3n) is 7.09. The molecule has 0 saturated heterocycles. The summed E-state index contributed by atoms with van der Waals surface area (Å²) in [6.07, 6.45) is 5.26. The van der Waals surface area contributed by atoms with Crippen LogP contribution in [0.5, 0.6) is 0 Å². The Balaban J connectivity index is 1.67. The standard InChI is InChI=1S/C28H29F3/c1-3-19-9-7-8-12-23(19)18(2)26-25(29)17-24(27(30)28(26)31)22-15-13-21(14-16-22)20-10-5-4-6-11-20/h4-6,10-11,13-19,23H,3,7-9,12H2,1-2H3. The Kier molecular flexibility index (Phi) is 6.50. The summed E-state index contributed by atoms with van der Waals surface area (Å²) in [6.45, 7) is 3.99. The fraction of sp³-hybridized carbons (Fsp3) is 0.357. The summed E-state index contributed by atoms with van der Waals surface area (Å²) in [5.41, 5.74) is 2.36. The molecule has 3 unspecified atom stereocenters. The molecule has 0 aliphatic heterocycles. The second kappa shape index (κ2) is 9.30. The summed E-state index contributed by atoms with van der Waals surface area (Å²) in [5, 5.41) is 0. The molecule has 1 aliphatic rings. The first-order valence-corrected chi connectivity index (χ1v) is 11.3. The van der Waals surface area contributed by atoms with Crippen molar-refractivity contribution in [3.8, 4) is 22.3 Å². The van der Waals surface area contributed by atoms with Crippen LogP contribution < -0.4 is 0 Å². The van der Waals surface area contributed by atoms with E-state index >= 15 is 13.2 Å². The van der Waals surface area contributed by atoms with Gasteiger partial charge in [-0.15, -0.1) is 0 Å².